The van der Waals surface area contributed by atoms with Crippen molar-refractivity contribution in [3.05, 3.63) is 34.1 Å². The van der Waals surface area contributed by atoms with Gasteiger partial charge in [-0.2, -0.15) is 5.26 Å². The summed E-state index contributed by atoms with van der Waals surface area (Å²) in [5.41, 5.74) is 4.52. The minimum Gasteiger partial charge on any atom is -0.365 e. The van der Waals surface area contributed by atoms with Crippen LogP contribution in [0, 0.1) is 17.1 Å². The molecule has 0 aromatic heterocycles. The number of carbonyl (C=O) groups is 1. The van der Waals surface area contributed by atoms with Crippen LogP contribution < -0.4 is 5.73 Å². The second kappa shape index (κ2) is 3.42. The van der Waals surface area contributed by atoms with Crippen molar-refractivity contribution in [2.75, 3.05) is 0 Å². The molecule has 13 heavy (non-hydrogen) atoms. The van der Waals surface area contributed by atoms with Gasteiger partial charge >= 0.3 is 0 Å². The Morgan fingerprint density at radius 2 is 2.23 bits per heavy atom. The van der Waals surface area contributed by atoms with Gasteiger partial charge in [0.2, 0.25) is 0 Å². The molecule has 0 unspecified atom stereocenters. The van der Waals surface area contributed by atoms with Gasteiger partial charge in [0.15, 0.2) is 0 Å². The lowest BCUT2D eigenvalue weighted by molar-refractivity contribution is 0.0996. The number of primary amides is 1. The van der Waals surface area contributed by atoms with Crippen molar-refractivity contribution < 1.29 is 9.18 Å². The van der Waals surface area contributed by atoms with E-state index < -0.39 is 11.7 Å². The fraction of sp³-hybridized carbons (Fsp3) is 0. The van der Waals surface area contributed by atoms with Crippen LogP contribution in [-0.4, -0.2) is 5.91 Å². The van der Waals surface area contributed by atoms with Crippen molar-refractivity contribution in [2.45, 2.75) is 0 Å². The molecule has 0 radical (unpaired) electrons. The van der Waals surface area contributed by atoms with E-state index in [1.807, 2.05) is 0 Å². The van der Waals surface area contributed by atoms with Gasteiger partial charge in [-0.1, -0.05) is 11.6 Å². The Bertz CT molecular complexity index is 388. The molecular formula is C8H4ClFN2O. The summed E-state index contributed by atoms with van der Waals surface area (Å²) in [6.45, 7) is 0. The Hall–Kier alpha value is -1.60. The number of hydrogen-bond acceptors (Lipinski definition) is 2. The number of nitrogens with two attached hydrogens (primary N) is 1. The second-order valence-electron chi connectivity index (χ2n) is 2.29. The molecular weight excluding hydrogens is 195 g/mol. The SMILES string of the molecule is N#Cc1cc(F)c(C(N)=O)c(Cl)c1. The van der Waals surface area contributed by atoms with Crippen LogP contribution in [0.3, 0.4) is 0 Å². The second-order valence-corrected chi connectivity index (χ2v) is 2.70. The molecule has 0 aliphatic heterocycles. The highest BCUT2D eigenvalue weighted by atomic mass is 35.5. The quantitative estimate of drug-likeness (QED) is 0.742. The molecule has 0 saturated heterocycles. The minimum absolute atomic E-state index is 0.0486. The van der Waals surface area contributed by atoms with Crippen molar-refractivity contribution >= 4 is 17.5 Å². The predicted molar refractivity (Wildman–Crippen MR) is 44.6 cm³/mol. The van der Waals surface area contributed by atoms with Crippen LogP contribution in [-0.2, 0) is 0 Å². The zero-order valence-corrected chi connectivity index (χ0v) is 7.10. The first-order valence-corrected chi connectivity index (χ1v) is 3.63. The van der Waals surface area contributed by atoms with Gasteiger partial charge in [0.25, 0.3) is 5.91 Å². The lowest BCUT2D eigenvalue weighted by Crippen LogP contribution is -2.14. The van der Waals surface area contributed by atoms with Gasteiger partial charge in [0.05, 0.1) is 22.2 Å². The van der Waals surface area contributed by atoms with Crippen LogP contribution in [0.5, 0.6) is 0 Å². The number of hydrogen-bond donors (Lipinski definition) is 1. The molecule has 0 bridgehead atoms. The highest BCUT2D eigenvalue weighted by molar-refractivity contribution is 6.33. The van der Waals surface area contributed by atoms with Crippen LogP contribution in [0.25, 0.3) is 0 Å². The first kappa shape index (κ1) is 9.49. The summed E-state index contributed by atoms with van der Waals surface area (Å²) in [5.74, 6) is -1.83. The Morgan fingerprint density at radius 3 is 2.62 bits per heavy atom. The molecule has 3 nitrogen and oxygen atoms in total. The molecule has 0 atom stereocenters. The van der Waals surface area contributed by atoms with Gasteiger partial charge in [-0.3, -0.25) is 4.79 Å². The molecule has 0 spiro atoms. The van der Waals surface area contributed by atoms with Crippen molar-refractivity contribution in [2.24, 2.45) is 5.73 Å². The van der Waals surface area contributed by atoms with E-state index in [1.54, 1.807) is 6.07 Å². The number of rotatable bonds is 1. The molecule has 1 rings (SSSR count). The molecule has 0 aliphatic rings. The number of halogens is 2. The molecule has 66 valence electrons. The predicted octanol–water partition coefficient (Wildman–Crippen LogP) is 1.45. The molecule has 5 heteroatoms. The first-order chi connectivity index (χ1) is 6.06. The van der Waals surface area contributed by atoms with Gasteiger partial charge in [0.1, 0.15) is 5.82 Å². The molecule has 0 saturated carbocycles. The Balaban J connectivity index is 3.42. The fourth-order valence-corrected chi connectivity index (χ4v) is 1.17. The molecule has 0 heterocycles. The van der Waals surface area contributed by atoms with Crippen LogP contribution in [0.15, 0.2) is 12.1 Å². The van der Waals surface area contributed by atoms with Crippen LogP contribution >= 0.6 is 11.6 Å². The average Bonchev–Trinajstić information content (AvgIpc) is 2.02. The standard InChI is InChI=1S/C8H4ClFN2O/c9-5-1-4(3-11)2-6(10)7(5)8(12)13/h1-2H,(H2,12,13). The minimum atomic E-state index is -0.952. The summed E-state index contributed by atoms with van der Waals surface area (Å²) in [6.07, 6.45) is 0. The normalized spacial score (nSPS) is 9.31. The summed E-state index contributed by atoms with van der Waals surface area (Å²) < 4.78 is 13.0. The highest BCUT2D eigenvalue weighted by Crippen LogP contribution is 2.20. The molecule has 0 aliphatic carbocycles. The summed E-state index contributed by atoms with van der Waals surface area (Å²) in [4.78, 5) is 10.7. The van der Waals surface area contributed by atoms with Gasteiger partial charge in [0, 0.05) is 0 Å². The van der Waals surface area contributed by atoms with E-state index in [4.69, 9.17) is 22.6 Å². The highest BCUT2D eigenvalue weighted by Gasteiger charge is 2.14. The number of nitrogens with zero attached hydrogens (tertiary/aromatic N) is 1. The first-order valence-electron chi connectivity index (χ1n) is 3.25. The van der Waals surface area contributed by atoms with Crippen LogP contribution in [0.1, 0.15) is 15.9 Å². The molecule has 1 aromatic carbocycles. The molecule has 1 amide bonds. The van der Waals surface area contributed by atoms with Crippen molar-refractivity contribution in [1.29, 1.82) is 5.26 Å². The zero-order valence-electron chi connectivity index (χ0n) is 6.34. The monoisotopic (exact) mass is 198 g/mol. The van der Waals surface area contributed by atoms with Gasteiger partial charge in [-0.05, 0) is 12.1 Å². The fourth-order valence-electron chi connectivity index (χ4n) is 0.873. The zero-order chi connectivity index (χ0) is 10.0. The van der Waals surface area contributed by atoms with Crippen molar-refractivity contribution in [1.82, 2.24) is 0 Å². The summed E-state index contributed by atoms with van der Waals surface area (Å²) in [6, 6.07) is 3.79. The number of nitriles is 1. The largest absolute Gasteiger partial charge is 0.365 e. The lowest BCUT2D eigenvalue weighted by atomic mass is 10.1. The molecule has 0 fully saturated rings. The third kappa shape index (κ3) is 1.76. The topological polar surface area (TPSA) is 66.9 Å². The Labute approximate surface area is 78.5 Å². The summed E-state index contributed by atoms with van der Waals surface area (Å²) in [5, 5.41) is 8.28. The summed E-state index contributed by atoms with van der Waals surface area (Å²) >= 11 is 5.52. The van der Waals surface area contributed by atoms with Crippen LogP contribution in [0.2, 0.25) is 5.02 Å². The lowest BCUT2D eigenvalue weighted by Gasteiger charge is -2.01. The van der Waals surface area contributed by atoms with E-state index in [1.165, 1.54) is 6.07 Å². The smallest absolute Gasteiger partial charge is 0.253 e. The van der Waals surface area contributed by atoms with Gasteiger partial charge < -0.3 is 5.73 Å². The number of amides is 1. The van der Waals surface area contributed by atoms with Crippen molar-refractivity contribution in [3.63, 3.8) is 0 Å². The van der Waals surface area contributed by atoms with E-state index in [9.17, 15) is 9.18 Å². The molecule has 1 aromatic rings. The van der Waals surface area contributed by atoms with E-state index >= 15 is 0 Å². The molecule has 2 N–H and O–H groups in total. The maximum atomic E-state index is 13.0. The number of carbonyl (C=O) groups excluding carboxylic acids is 1. The van der Waals surface area contributed by atoms with E-state index in [2.05, 4.69) is 0 Å². The van der Waals surface area contributed by atoms with Gasteiger partial charge in [-0.15, -0.1) is 0 Å². The maximum Gasteiger partial charge on any atom is 0.253 e. The van der Waals surface area contributed by atoms with Crippen LogP contribution in [0.4, 0.5) is 4.39 Å². The third-order valence-electron chi connectivity index (χ3n) is 1.42. The van der Waals surface area contributed by atoms with Crippen molar-refractivity contribution in [3.8, 4) is 6.07 Å². The van der Waals surface area contributed by atoms with Gasteiger partial charge in [-0.25, -0.2) is 4.39 Å². The summed E-state index contributed by atoms with van der Waals surface area (Å²) in [7, 11) is 0. The van der Waals surface area contributed by atoms with E-state index in [0.717, 1.165) is 6.07 Å². The number of benzene rings is 1. The maximum absolute atomic E-state index is 13.0. The Kier molecular flexibility index (Phi) is 2.49. The van der Waals surface area contributed by atoms with E-state index in [0.29, 0.717) is 0 Å². The average molecular weight is 199 g/mol. The van der Waals surface area contributed by atoms with E-state index in [-0.39, 0.29) is 16.1 Å². The third-order valence-corrected chi connectivity index (χ3v) is 1.72. The Morgan fingerprint density at radius 1 is 1.62 bits per heavy atom.